The molecule has 1 heterocycles. The first-order valence-electron chi connectivity index (χ1n) is 8.38. The van der Waals surface area contributed by atoms with Crippen molar-refractivity contribution < 1.29 is 14.3 Å². The van der Waals surface area contributed by atoms with Crippen molar-refractivity contribution in [3.05, 3.63) is 29.8 Å². The molecule has 2 fully saturated rings. The van der Waals surface area contributed by atoms with E-state index in [4.69, 9.17) is 4.74 Å². The molecule has 1 aliphatic heterocycles. The van der Waals surface area contributed by atoms with Crippen LogP contribution in [0.2, 0.25) is 0 Å². The first kappa shape index (κ1) is 15.8. The average molecular weight is 316 g/mol. The molecule has 2 aliphatic rings. The maximum atomic E-state index is 12.4. The van der Waals surface area contributed by atoms with Crippen molar-refractivity contribution in [3.8, 4) is 5.75 Å². The molecular formula is C18H24N2O3. The highest BCUT2D eigenvalue weighted by Crippen LogP contribution is 2.29. The van der Waals surface area contributed by atoms with Gasteiger partial charge in [0.1, 0.15) is 5.75 Å². The third kappa shape index (κ3) is 3.84. The lowest BCUT2D eigenvalue weighted by atomic mass is 10.0. The van der Waals surface area contributed by atoms with Gasteiger partial charge in [0.05, 0.1) is 13.7 Å². The first-order valence-corrected chi connectivity index (χ1v) is 8.38. The molecule has 1 saturated carbocycles. The zero-order valence-electron chi connectivity index (χ0n) is 13.6. The smallest absolute Gasteiger partial charge is 0.242 e. The lowest BCUT2D eigenvalue weighted by molar-refractivity contribution is -0.133. The van der Waals surface area contributed by atoms with Crippen molar-refractivity contribution in [3.63, 3.8) is 0 Å². The lowest BCUT2D eigenvalue weighted by Gasteiger charge is -2.25. The number of ether oxygens (including phenoxy) is 1. The minimum Gasteiger partial charge on any atom is -0.496 e. The molecule has 1 saturated heterocycles. The summed E-state index contributed by atoms with van der Waals surface area (Å²) < 4.78 is 5.40. The predicted molar refractivity (Wildman–Crippen MR) is 87.2 cm³/mol. The van der Waals surface area contributed by atoms with Gasteiger partial charge in [-0.15, -0.1) is 0 Å². The quantitative estimate of drug-likeness (QED) is 0.870. The van der Waals surface area contributed by atoms with Crippen molar-refractivity contribution >= 4 is 11.8 Å². The third-order valence-electron chi connectivity index (χ3n) is 4.71. The zero-order valence-corrected chi connectivity index (χ0v) is 13.6. The highest BCUT2D eigenvalue weighted by atomic mass is 16.5. The maximum absolute atomic E-state index is 12.4. The minimum absolute atomic E-state index is 0.0244. The second kappa shape index (κ2) is 7.02. The van der Waals surface area contributed by atoms with Crippen LogP contribution in [-0.2, 0) is 16.0 Å². The molecule has 5 heteroatoms. The Morgan fingerprint density at radius 3 is 2.78 bits per heavy atom. The van der Waals surface area contributed by atoms with E-state index in [0.29, 0.717) is 0 Å². The molecule has 1 aliphatic carbocycles. The Balaban J connectivity index is 1.58. The number of hydrogen-bond acceptors (Lipinski definition) is 3. The van der Waals surface area contributed by atoms with Crippen LogP contribution in [0, 0.1) is 5.92 Å². The van der Waals surface area contributed by atoms with Crippen molar-refractivity contribution in [2.24, 2.45) is 5.92 Å². The predicted octanol–water partition coefficient (Wildman–Crippen LogP) is 1.75. The lowest BCUT2D eigenvalue weighted by Crippen LogP contribution is -2.43. The fraction of sp³-hybridized carbons (Fsp3) is 0.556. The highest BCUT2D eigenvalue weighted by molar-refractivity contribution is 5.87. The molecule has 1 aromatic carbocycles. The van der Waals surface area contributed by atoms with Gasteiger partial charge in [0, 0.05) is 18.5 Å². The van der Waals surface area contributed by atoms with Crippen LogP contribution in [0.3, 0.4) is 0 Å². The van der Waals surface area contributed by atoms with Gasteiger partial charge in [-0.2, -0.15) is 0 Å². The molecular weight excluding hydrogens is 292 g/mol. The van der Waals surface area contributed by atoms with Gasteiger partial charge in [-0.25, -0.2) is 0 Å². The normalized spacial score (nSPS) is 20.4. The number of para-hydroxylation sites is 1. The van der Waals surface area contributed by atoms with Crippen LogP contribution in [0.4, 0.5) is 0 Å². The number of methoxy groups -OCH3 is 1. The Hall–Kier alpha value is -2.04. The van der Waals surface area contributed by atoms with Gasteiger partial charge in [-0.3, -0.25) is 9.59 Å². The number of carbonyl (C=O) groups is 2. The van der Waals surface area contributed by atoms with E-state index >= 15 is 0 Å². The Morgan fingerprint density at radius 1 is 1.26 bits per heavy atom. The van der Waals surface area contributed by atoms with Gasteiger partial charge in [0.15, 0.2) is 0 Å². The largest absolute Gasteiger partial charge is 0.496 e. The Kier molecular flexibility index (Phi) is 4.84. The van der Waals surface area contributed by atoms with Gasteiger partial charge >= 0.3 is 0 Å². The summed E-state index contributed by atoms with van der Waals surface area (Å²) in [4.78, 5) is 26.0. The number of nitrogens with one attached hydrogen (secondary N) is 1. The van der Waals surface area contributed by atoms with Gasteiger partial charge in [0.25, 0.3) is 0 Å². The van der Waals surface area contributed by atoms with Crippen molar-refractivity contribution in [2.45, 2.75) is 38.1 Å². The van der Waals surface area contributed by atoms with Gasteiger partial charge < -0.3 is 15.0 Å². The molecule has 0 radical (unpaired) electrons. The molecule has 0 aromatic heterocycles. The fourth-order valence-electron chi connectivity index (χ4n) is 3.26. The van der Waals surface area contributed by atoms with Crippen molar-refractivity contribution in [2.75, 3.05) is 20.2 Å². The van der Waals surface area contributed by atoms with E-state index in [1.165, 1.54) is 0 Å². The van der Waals surface area contributed by atoms with Crippen LogP contribution in [-0.4, -0.2) is 43.0 Å². The van der Waals surface area contributed by atoms with Crippen LogP contribution in [0.1, 0.15) is 31.2 Å². The Labute approximate surface area is 137 Å². The Bertz CT molecular complexity index is 583. The number of likely N-dealkylation sites (tertiary alicyclic amines) is 1. The van der Waals surface area contributed by atoms with Crippen LogP contribution in [0.15, 0.2) is 24.3 Å². The minimum atomic E-state index is 0.0244. The zero-order chi connectivity index (χ0) is 16.2. The van der Waals surface area contributed by atoms with E-state index in [-0.39, 0.29) is 30.3 Å². The molecule has 1 atom stereocenters. The summed E-state index contributed by atoms with van der Waals surface area (Å²) in [6, 6.07) is 8.14. The third-order valence-corrected chi connectivity index (χ3v) is 4.71. The second-order valence-electron chi connectivity index (χ2n) is 6.39. The monoisotopic (exact) mass is 316 g/mol. The SMILES string of the molecule is COc1ccccc1CC1CCCN1C(=O)CNC(=O)C1CC1. The molecule has 0 bridgehead atoms. The summed E-state index contributed by atoms with van der Waals surface area (Å²) in [5.74, 6) is 1.06. The summed E-state index contributed by atoms with van der Waals surface area (Å²) in [6.45, 7) is 0.899. The number of rotatable bonds is 6. The molecule has 5 nitrogen and oxygen atoms in total. The number of amides is 2. The van der Waals surface area contributed by atoms with Crippen molar-refractivity contribution in [1.29, 1.82) is 0 Å². The molecule has 0 spiro atoms. The van der Waals surface area contributed by atoms with E-state index in [1.807, 2.05) is 23.1 Å². The van der Waals surface area contributed by atoms with E-state index in [0.717, 1.165) is 50.0 Å². The van der Waals surface area contributed by atoms with Gasteiger partial charge in [-0.05, 0) is 43.7 Å². The number of hydrogen-bond donors (Lipinski definition) is 1. The van der Waals surface area contributed by atoms with E-state index in [2.05, 4.69) is 11.4 Å². The summed E-state index contributed by atoms with van der Waals surface area (Å²) >= 11 is 0. The molecule has 1 aromatic rings. The maximum Gasteiger partial charge on any atom is 0.242 e. The number of carbonyl (C=O) groups excluding carboxylic acids is 2. The topological polar surface area (TPSA) is 58.6 Å². The van der Waals surface area contributed by atoms with Gasteiger partial charge in [-0.1, -0.05) is 18.2 Å². The molecule has 1 unspecified atom stereocenters. The molecule has 124 valence electrons. The Morgan fingerprint density at radius 2 is 2.04 bits per heavy atom. The van der Waals surface area contributed by atoms with Crippen LogP contribution >= 0.6 is 0 Å². The molecule has 23 heavy (non-hydrogen) atoms. The molecule has 3 rings (SSSR count). The van der Waals surface area contributed by atoms with Crippen LogP contribution < -0.4 is 10.1 Å². The highest BCUT2D eigenvalue weighted by Gasteiger charge is 2.32. The number of benzene rings is 1. The van der Waals surface area contributed by atoms with E-state index < -0.39 is 0 Å². The number of nitrogens with zero attached hydrogens (tertiary/aromatic N) is 1. The van der Waals surface area contributed by atoms with Crippen molar-refractivity contribution in [1.82, 2.24) is 10.2 Å². The van der Waals surface area contributed by atoms with E-state index in [1.54, 1.807) is 7.11 Å². The second-order valence-corrected chi connectivity index (χ2v) is 6.39. The average Bonchev–Trinajstić information content (AvgIpc) is 3.32. The van der Waals surface area contributed by atoms with E-state index in [9.17, 15) is 9.59 Å². The van der Waals surface area contributed by atoms with Gasteiger partial charge in [0.2, 0.25) is 11.8 Å². The summed E-state index contributed by atoms with van der Waals surface area (Å²) in [7, 11) is 1.67. The van der Waals surface area contributed by atoms with Crippen LogP contribution in [0.25, 0.3) is 0 Å². The summed E-state index contributed by atoms with van der Waals surface area (Å²) in [5.41, 5.74) is 1.13. The molecule has 1 N–H and O–H groups in total. The fourth-order valence-corrected chi connectivity index (χ4v) is 3.26. The van der Waals surface area contributed by atoms with Crippen LogP contribution in [0.5, 0.6) is 5.75 Å². The summed E-state index contributed by atoms with van der Waals surface area (Å²) in [5, 5.41) is 2.77. The summed E-state index contributed by atoms with van der Waals surface area (Å²) in [6.07, 6.45) is 4.73. The molecule has 2 amide bonds. The standard InChI is InChI=1S/C18H24N2O3/c1-23-16-7-3-2-5-14(16)11-15-6-4-10-20(15)17(21)12-19-18(22)13-8-9-13/h2-3,5,7,13,15H,4,6,8-12H2,1H3,(H,19,22). The first-order chi connectivity index (χ1) is 11.2.